The minimum Gasteiger partial charge on any atom is -0.381 e. The summed E-state index contributed by atoms with van der Waals surface area (Å²) in [6, 6.07) is 2.22. The maximum absolute atomic E-state index is 12.7. The number of amides is 1. The molecule has 0 aromatic carbocycles. The third-order valence-electron chi connectivity index (χ3n) is 4.78. The molecule has 3 rings (SSSR count). The van der Waals surface area contributed by atoms with Crippen molar-refractivity contribution in [3.8, 4) is 0 Å². The number of carbonyl (C=O) groups is 1. The van der Waals surface area contributed by atoms with Crippen LogP contribution in [0, 0.1) is 0 Å². The van der Waals surface area contributed by atoms with Gasteiger partial charge in [-0.1, -0.05) is 25.9 Å². The SMILES string of the molecule is CC(C)(C)c1cc(NC(=O)[C@@H]2CCCN2C2CCOCC2)on1. The number of aromatic nitrogens is 1. The summed E-state index contributed by atoms with van der Waals surface area (Å²) in [4.78, 5) is 15.0. The Morgan fingerprint density at radius 1 is 1.30 bits per heavy atom. The molecule has 0 unspecified atom stereocenters. The first-order valence-electron chi connectivity index (χ1n) is 8.57. The van der Waals surface area contributed by atoms with Crippen LogP contribution in [0.1, 0.15) is 52.1 Å². The quantitative estimate of drug-likeness (QED) is 0.926. The Bertz CT molecular complexity index is 544. The van der Waals surface area contributed by atoms with E-state index in [1.807, 2.05) is 6.07 Å². The second kappa shape index (κ2) is 6.61. The molecule has 6 nitrogen and oxygen atoms in total. The lowest BCUT2D eigenvalue weighted by Gasteiger charge is -2.34. The van der Waals surface area contributed by atoms with Gasteiger partial charge in [-0.25, -0.2) is 0 Å². The largest absolute Gasteiger partial charge is 0.381 e. The van der Waals surface area contributed by atoms with Crippen LogP contribution in [0.2, 0.25) is 0 Å². The molecule has 1 N–H and O–H groups in total. The zero-order valence-electron chi connectivity index (χ0n) is 14.3. The molecule has 3 heterocycles. The van der Waals surface area contributed by atoms with E-state index in [1.54, 1.807) is 0 Å². The summed E-state index contributed by atoms with van der Waals surface area (Å²) >= 11 is 0. The number of ether oxygens (including phenoxy) is 1. The predicted molar refractivity (Wildman–Crippen MR) is 87.4 cm³/mol. The Hall–Kier alpha value is -1.40. The van der Waals surface area contributed by atoms with Crippen molar-refractivity contribution in [3.63, 3.8) is 0 Å². The van der Waals surface area contributed by atoms with Crippen molar-refractivity contribution < 1.29 is 14.1 Å². The third kappa shape index (κ3) is 3.75. The smallest absolute Gasteiger partial charge is 0.244 e. The topological polar surface area (TPSA) is 67.6 Å². The second-order valence-corrected chi connectivity index (χ2v) is 7.56. The molecule has 1 amide bonds. The van der Waals surface area contributed by atoms with Crippen LogP contribution in [0.15, 0.2) is 10.6 Å². The molecule has 0 bridgehead atoms. The Labute approximate surface area is 137 Å². The van der Waals surface area contributed by atoms with E-state index >= 15 is 0 Å². The van der Waals surface area contributed by atoms with Crippen LogP contribution in [-0.2, 0) is 14.9 Å². The van der Waals surface area contributed by atoms with Gasteiger partial charge in [0.15, 0.2) is 0 Å². The standard InChI is InChI=1S/C17H27N3O3/c1-17(2,3)14-11-15(23-19-14)18-16(21)13-5-4-8-20(13)12-6-9-22-10-7-12/h11-13H,4-10H2,1-3H3,(H,18,21)/t13-/m0/s1. The number of likely N-dealkylation sites (tertiary alicyclic amines) is 1. The number of hydrogen-bond donors (Lipinski definition) is 1. The molecule has 2 saturated heterocycles. The highest BCUT2D eigenvalue weighted by Gasteiger charge is 2.36. The highest BCUT2D eigenvalue weighted by Crippen LogP contribution is 2.27. The van der Waals surface area contributed by atoms with Gasteiger partial charge in [-0.3, -0.25) is 15.0 Å². The van der Waals surface area contributed by atoms with Gasteiger partial charge < -0.3 is 9.26 Å². The van der Waals surface area contributed by atoms with E-state index < -0.39 is 0 Å². The van der Waals surface area contributed by atoms with Gasteiger partial charge in [0.2, 0.25) is 11.8 Å². The molecule has 2 fully saturated rings. The van der Waals surface area contributed by atoms with Crippen molar-refractivity contribution in [1.29, 1.82) is 0 Å². The van der Waals surface area contributed by atoms with Gasteiger partial charge in [0.25, 0.3) is 0 Å². The van der Waals surface area contributed by atoms with E-state index in [0.29, 0.717) is 11.9 Å². The van der Waals surface area contributed by atoms with Crippen molar-refractivity contribution >= 4 is 11.8 Å². The Morgan fingerprint density at radius 2 is 2.04 bits per heavy atom. The number of carbonyl (C=O) groups excluding carboxylic acids is 1. The first kappa shape index (κ1) is 16.5. The first-order chi connectivity index (χ1) is 10.9. The summed E-state index contributed by atoms with van der Waals surface area (Å²) in [6.45, 7) is 8.80. The van der Waals surface area contributed by atoms with Crippen molar-refractivity contribution in [2.75, 3.05) is 25.1 Å². The minimum atomic E-state index is -0.0893. The summed E-state index contributed by atoms with van der Waals surface area (Å²) in [6.07, 6.45) is 4.00. The molecule has 1 aromatic rings. The van der Waals surface area contributed by atoms with E-state index in [4.69, 9.17) is 9.26 Å². The van der Waals surface area contributed by atoms with Crippen LogP contribution in [0.4, 0.5) is 5.88 Å². The van der Waals surface area contributed by atoms with Gasteiger partial charge in [0, 0.05) is 30.7 Å². The monoisotopic (exact) mass is 321 g/mol. The van der Waals surface area contributed by atoms with Crippen LogP contribution in [0.5, 0.6) is 0 Å². The van der Waals surface area contributed by atoms with Gasteiger partial charge in [0.05, 0.1) is 11.7 Å². The van der Waals surface area contributed by atoms with Crippen LogP contribution in [0.25, 0.3) is 0 Å². The first-order valence-corrected chi connectivity index (χ1v) is 8.57. The molecule has 0 saturated carbocycles. The molecule has 0 aliphatic carbocycles. The molecule has 0 radical (unpaired) electrons. The summed E-state index contributed by atoms with van der Waals surface area (Å²) < 4.78 is 10.7. The number of rotatable bonds is 3. The summed E-state index contributed by atoms with van der Waals surface area (Å²) in [5.74, 6) is 0.462. The lowest BCUT2D eigenvalue weighted by Crippen LogP contribution is -2.47. The van der Waals surface area contributed by atoms with Crippen molar-refractivity contribution in [2.24, 2.45) is 0 Å². The summed E-state index contributed by atoms with van der Waals surface area (Å²) in [5.41, 5.74) is 0.758. The van der Waals surface area contributed by atoms with Gasteiger partial charge >= 0.3 is 0 Å². The lowest BCUT2D eigenvalue weighted by molar-refractivity contribution is -0.121. The van der Waals surface area contributed by atoms with Gasteiger partial charge in [-0.05, 0) is 32.2 Å². The lowest BCUT2D eigenvalue weighted by atomic mass is 9.92. The fraction of sp³-hybridized carbons (Fsp3) is 0.765. The second-order valence-electron chi connectivity index (χ2n) is 7.56. The molecular formula is C17H27N3O3. The molecular weight excluding hydrogens is 294 g/mol. The van der Waals surface area contributed by atoms with Crippen LogP contribution >= 0.6 is 0 Å². The number of anilines is 1. The molecule has 0 spiro atoms. The van der Waals surface area contributed by atoms with E-state index in [-0.39, 0.29) is 17.4 Å². The van der Waals surface area contributed by atoms with Crippen LogP contribution < -0.4 is 5.32 Å². The normalized spacial score (nSPS) is 24.0. The fourth-order valence-electron chi connectivity index (χ4n) is 3.42. The average molecular weight is 321 g/mol. The zero-order chi connectivity index (χ0) is 16.4. The number of nitrogens with one attached hydrogen (secondary N) is 1. The number of nitrogens with zero attached hydrogens (tertiary/aromatic N) is 2. The summed E-state index contributed by atoms with van der Waals surface area (Å²) in [5, 5.41) is 6.96. The highest BCUT2D eigenvalue weighted by molar-refractivity contribution is 5.94. The van der Waals surface area contributed by atoms with Crippen molar-refractivity contribution in [3.05, 3.63) is 11.8 Å². The van der Waals surface area contributed by atoms with Gasteiger partial charge in [-0.15, -0.1) is 0 Å². The maximum atomic E-state index is 12.7. The molecule has 128 valence electrons. The number of hydrogen-bond acceptors (Lipinski definition) is 5. The van der Waals surface area contributed by atoms with E-state index in [9.17, 15) is 4.79 Å². The van der Waals surface area contributed by atoms with Gasteiger partial charge in [-0.2, -0.15) is 0 Å². The van der Waals surface area contributed by atoms with E-state index in [2.05, 4.69) is 36.1 Å². The zero-order valence-corrected chi connectivity index (χ0v) is 14.3. The average Bonchev–Trinajstić information content (AvgIpc) is 3.16. The molecule has 6 heteroatoms. The molecule has 1 atom stereocenters. The van der Waals surface area contributed by atoms with Gasteiger partial charge in [0.1, 0.15) is 0 Å². The molecule has 1 aromatic heterocycles. The van der Waals surface area contributed by atoms with Crippen LogP contribution in [-0.4, -0.2) is 47.8 Å². The fourth-order valence-corrected chi connectivity index (χ4v) is 3.42. The Morgan fingerprint density at radius 3 is 2.70 bits per heavy atom. The van der Waals surface area contributed by atoms with Crippen molar-refractivity contribution in [1.82, 2.24) is 10.1 Å². The van der Waals surface area contributed by atoms with E-state index in [0.717, 1.165) is 51.1 Å². The van der Waals surface area contributed by atoms with Crippen LogP contribution in [0.3, 0.4) is 0 Å². The Kier molecular flexibility index (Phi) is 4.73. The van der Waals surface area contributed by atoms with E-state index in [1.165, 1.54) is 0 Å². The molecule has 2 aliphatic rings. The Balaban J connectivity index is 1.63. The highest BCUT2D eigenvalue weighted by atomic mass is 16.5. The summed E-state index contributed by atoms with van der Waals surface area (Å²) in [7, 11) is 0. The molecule has 2 aliphatic heterocycles. The van der Waals surface area contributed by atoms with Crippen molar-refractivity contribution in [2.45, 2.75) is 64.0 Å². The third-order valence-corrected chi connectivity index (χ3v) is 4.78. The predicted octanol–water partition coefficient (Wildman–Crippen LogP) is 2.55. The maximum Gasteiger partial charge on any atom is 0.244 e. The minimum absolute atomic E-state index is 0.0191. The molecule has 23 heavy (non-hydrogen) atoms.